The number of hydrogen-bond donors (Lipinski definition) is 2. The minimum Gasteiger partial charge on any atom is -0.756 e. The molecule has 9 heteroatoms. The highest BCUT2D eigenvalue weighted by Crippen LogP contribution is 2.38. The zero-order chi connectivity index (χ0) is 61.2. The topological polar surface area (TPSA) is 108 Å². The van der Waals surface area contributed by atoms with Crippen molar-refractivity contribution in [1.82, 2.24) is 5.32 Å². The van der Waals surface area contributed by atoms with Crippen molar-refractivity contribution in [1.29, 1.82) is 0 Å². The largest absolute Gasteiger partial charge is 0.756 e. The van der Waals surface area contributed by atoms with Crippen molar-refractivity contribution in [3.05, 3.63) is 134 Å². The van der Waals surface area contributed by atoms with E-state index in [-0.39, 0.29) is 12.5 Å². The van der Waals surface area contributed by atoms with E-state index in [1.54, 1.807) is 6.08 Å². The van der Waals surface area contributed by atoms with E-state index in [4.69, 9.17) is 9.05 Å². The van der Waals surface area contributed by atoms with Gasteiger partial charge in [-0.3, -0.25) is 9.36 Å². The number of nitrogens with zero attached hydrogens (tertiary/aromatic N) is 1. The molecule has 3 unspecified atom stereocenters. The minimum atomic E-state index is -4.62. The van der Waals surface area contributed by atoms with Gasteiger partial charge in [-0.05, 0) is 109 Å². The summed E-state index contributed by atoms with van der Waals surface area (Å²) in [5.74, 6) is -0.215. The van der Waals surface area contributed by atoms with Gasteiger partial charge < -0.3 is 28.8 Å². The van der Waals surface area contributed by atoms with E-state index in [1.165, 1.54) is 167 Å². The Morgan fingerprint density at radius 2 is 0.738 bits per heavy atom. The number of phosphoric acid groups is 1. The first kappa shape index (κ1) is 80.6. The second kappa shape index (κ2) is 64.1. The summed E-state index contributed by atoms with van der Waals surface area (Å²) >= 11 is 0. The number of amides is 1. The minimum absolute atomic E-state index is 0.0140. The van der Waals surface area contributed by atoms with Gasteiger partial charge in [0.2, 0.25) is 5.91 Å². The van der Waals surface area contributed by atoms with Crippen molar-refractivity contribution in [2.75, 3.05) is 40.9 Å². The molecule has 482 valence electrons. The van der Waals surface area contributed by atoms with Crippen LogP contribution in [-0.2, 0) is 18.4 Å². The summed E-state index contributed by atoms with van der Waals surface area (Å²) < 4.78 is 23.4. The second-order valence-electron chi connectivity index (χ2n) is 24.1. The summed E-state index contributed by atoms with van der Waals surface area (Å²) in [5.41, 5.74) is 0. The van der Waals surface area contributed by atoms with Crippen LogP contribution in [0, 0.1) is 0 Å². The third kappa shape index (κ3) is 66.2. The van der Waals surface area contributed by atoms with Gasteiger partial charge in [0, 0.05) is 6.42 Å². The quantitative estimate of drug-likeness (QED) is 0.0272. The normalized spacial score (nSPS) is 14.5. The molecule has 0 aromatic carbocycles. The van der Waals surface area contributed by atoms with Crippen molar-refractivity contribution in [2.24, 2.45) is 0 Å². The van der Waals surface area contributed by atoms with Crippen LogP contribution in [0.25, 0.3) is 0 Å². The Kier molecular flexibility index (Phi) is 61.6. The van der Waals surface area contributed by atoms with Crippen molar-refractivity contribution < 1.29 is 32.9 Å². The number of hydrogen-bond acceptors (Lipinski definition) is 6. The molecule has 0 aliphatic heterocycles. The molecule has 84 heavy (non-hydrogen) atoms. The fraction of sp³-hybridized carbons (Fsp3) is 0.693. The maximum absolute atomic E-state index is 13.0. The van der Waals surface area contributed by atoms with Gasteiger partial charge in [-0.15, -0.1) is 0 Å². The lowest BCUT2D eigenvalue weighted by molar-refractivity contribution is -0.870. The van der Waals surface area contributed by atoms with Gasteiger partial charge in [0.05, 0.1) is 39.9 Å². The number of aliphatic hydroxyl groups excluding tert-OH is 1. The van der Waals surface area contributed by atoms with E-state index in [0.29, 0.717) is 17.4 Å². The molecule has 0 aromatic rings. The molecule has 3 atom stereocenters. The third-order valence-electron chi connectivity index (χ3n) is 14.8. The van der Waals surface area contributed by atoms with Crippen LogP contribution in [0.4, 0.5) is 0 Å². The molecule has 0 bridgehead atoms. The Bertz CT molecular complexity index is 1830. The van der Waals surface area contributed by atoms with E-state index in [9.17, 15) is 19.4 Å². The zero-order valence-electron chi connectivity index (χ0n) is 55.1. The molecule has 0 aromatic heterocycles. The summed E-state index contributed by atoms with van der Waals surface area (Å²) in [6.07, 6.45) is 97.1. The van der Waals surface area contributed by atoms with E-state index >= 15 is 0 Å². The summed E-state index contributed by atoms with van der Waals surface area (Å²) in [4.78, 5) is 25.6. The monoisotopic (exact) mass is 1190 g/mol. The smallest absolute Gasteiger partial charge is 0.268 e. The molecule has 0 saturated heterocycles. The number of allylic oxidation sites excluding steroid dienone is 21. The standard InChI is InChI=1S/C75H131N2O6P/c1-6-8-10-12-14-16-18-20-22-24-26-28-30-31-32-33-34-35-36-37-38-39-40-41-42-43-44-45-47-49-51-53-55-57-59-61-63-65-67-69-75(79)76-73(72-83-84(80,81)82-71-70-77(3,4)5)74(78)68-66-64-62-60-58-56-54-52-50-48-46-29-27-25-23-21-19-17-15-13-11-9-7-2/h8,10,14,16,20,22,26,28,31-32,34-35,37-38,40-41,50,52,58,60,66,68,73-74,78H,6-7,9,11-13,15,17-19,21,23-25,27,29-30,33,36,39,42-49,51,53-57,59,61-65,67,69-72H2,1-5H3,(H-,76,79,80,81)/b10-8-,16-14-,22-20-,28-26-,32-31-,35-34-,38-37-,41-40-,52-50+,60-58+,68-66+. The predicted octanol–water partition coefficient (Wildman–Crippen LogP) is 21.6. The SMILES string of the molecule is CC/C=C\C/C=C\C/C=C\C/C=C\C/C=C\C/C=C\C/C=C\C/C=C\CCCCCCCCCCCCCCCCC(=O)NC(COP(=O)([O-])OCC[N+](C)(C)C)C(O)/C=C/CC/C=C/CC/C=C/CCCCCCCCCCCCCCC. The molecule has 0 heterocycles. The predicted molar refractivity (Wildman–Crippen MR) is 366 cm³/mol. The maximum Gasteiger partial charge on any atom is 0.268 e. The van der Waals surface area contributed by atoms with Gasteiger partial charge in [0.1, 0.15) is 13.2 Å². The number of phosphoric ester groups is 1. The Morgan fingerprint density at radius 3 is 1.11 bits per heavy atom. The van der Waals surface area contributed by atoms with Crippen LogP contribution in [0.2, 0.25) is 0 Å². The van der Waals surface area contributed by atoms with Crippen LogP contribution in [-0.4, -0.2) is 68.5 Å². The van der Waals surface area contributed by atoms with Gasteiger partial charge in [0.15, 0.2) is 0 Å². The fourth-order valence-corrected chi connectivity index (χ4v) is 10.2. The highest BCUT2D eigenvalue weighted by atomic mass is 31.2. The molecule has 8 nitrogen and oxygen atoms in total. The number of aliphatic hydroxyl groups is 1. The van der Waals surface area contributed by atoms with Crippen LogP contribution < -0.4 is 10.2 Å². The van der Waals surface area contributed by atoms with E-state index in [2.05, 4.69) is 141 Å². The summed E-state index contributed by atoms with van der Waals surface area (Å²) in [7, 11) is 1.23. The number of carbonyl (C=O) groups is 1. The number of quaternary nitrogens is 1. The number of carbonyl (C=O) groups excluding carboxylic acids is 1. The fourth-order valence-electron chi connectivity index (χ4n) is 9.50. The first-order chi connectivity index (χ1) is 41.0. The molecule has 0 rings (SSSR count). The van der Waals surface area contributed by atoms with E-state index in [0.717, 1.165) is 96.3 Å². The van der Waals surface area contributed by atoms with Crippen LogP contribution >= 0.6 is 7.82 Å². The Morgan fingerprint density at radius 1 is 0.429 bits per heavy atom. The Labute approximate surface area is 519 Å². The number of nitrogens with one attached hydrogen (secondary N) is 1. The van der Waals surface area contributed by atoms with Crippen LogP contribution in [0.1, 0.15) is 284 Å². The molecular formula is C75H131N2O6P. The van der Waals surface area contributed by atoms with Crippen molar-refractivity contribution in [3.63, 3.8) is 0 Å². The zero-order valence-corrected chi connectivity index (χ0v) is 56.0. The number of likely N-dealkylation sites (N-methyl/N-ethyl adjacent to an activating group) is 1. The number of unbranched alkanes of at least 4 members (excludes halogenated alkanes) is 29. The highest BCUT2D eigenvalue weighted by molar-refractivity contribution is 7.45. The first-order valence-corrected chi connectivity index (χ1v) is 36.0. The van der Waals surface area contributed by atoms with Gasteiger partial charge in [-0.1, -0.05) is 302 Å². The Hall–Kier alpha value is -3.36. The average molecular weight is 1190 g/mol. The second-order valence-corrected chi connectivity index (χ2v) is 25.5. The van der Waals surface area contributed by atoms with E-state index < -0.39 is 26.6 Å². The summed E-state index contributed by atoms with van der Waals surface area (Å²) in [5, 5.41) is 13.9. The maximum atomic E-state index is 13.0. The molecule has 0 saturated carbocycles. The Balaban J connectivity index is 4.13. The lowest BCUT2D eigenvalue weighted by Gasteiger charge is -2.29. The van der Waals surface area contributed by atoms with Crippen molar-refractivity contribution in [3.8, 4) is 0 Å². The van der Waals surface area contributed by atoms with Crippen LogP contribution in [0.5, 0.6) is 0 Å². The molecule has 1 amide bonds. The van der Waals surface area contributed by atoms with Gasteiger partial charge in [-0.25, -0.2) is 0 Å². The van der Waals surface area contributed by atoms with Gasteiger partial charge >= 0.3 is 0 Å². The van der Waals surface area contributed by atoms with Crippen molar-refractivity contribution >= 4 is 13.7 Å². The molecular weight excluding hydrogens is 1060 g/mol. The van der Waals surface area contributed by atoms with Gasteiger partial charge in [0.25, 0.3) is 7.82 Å². The molecule has 0 spiro atoms. The average Bonchev–Trinajstić information content (AvgIpc) is 3.56. The van der Waals surface area contributed by atoms with Crippen molar-refractivity contribution in [2.45, 2.75) is 296 Å². The lowest BCUT2D eigenvalue weighted by Crippen LogP contribution is -2.45. The third-order valence-corrected chi connectivity index (χ3v) is 15.8. The van der Waals surface area contributed by atoms with Crippen LogP contribution in [0.3, 0.4) is 0 Å². The van der Waals surface area contributed by atoms with E-state index in [1.807, 2.05) is 27.2 Å². The summed E-state index contributed by atoms with van der Waals surface area (Å²) in [6.45, 7) is 4.52. The molecule has 0 aliphatic carbocycles. The lowest BCUT2D eigenvalue weighted by atomic mass is 10.0. The molecule has 0 fully saturated rings. The molecule has 2 N–H and O–H groups in total. The van der Waals surface area contributed by atoms with Gasteiger partial charge in [-0.2, -0.15) is 0 Å². The molecule has 0 aliphatic rings. The first-order valence-electron chi connectivity index (χ1n) is 34.5. The van der Waals surface area contributed by atoms with Crippen LogP contribution in [0.15, 0.2) is 134 Å². The number of rotatable bonds is 62. The summed E-state index contributed by atoms with van der Waals surface area (Å²) in [6, 6.07) is -0.919. The highest BCUT2D eigenvalue weighted by Gasteiger charge is 2.23. The molecule has 0 radical (unpaired) electrons.